The molecule has 2 rings (SSSR count). The highest BCUT2D eigenvalue weighted by Gasteiger charge is 2.19. The predicted octanol–water partition coefficient (Wildman–Crippen LogP) is 1.95. The Kier molecular flexibility index (Phi) is 4.15. The topological polar surface area (TPSA) is 42.4 Å². The van der Waals surface area contributed by atoms with Crippen LogP contribution in [-0.4, -0.2) is 35.7 Å². The number of aromatic nitrogens is 1. The number of ether oxygens (including phenoxy) is 1. The minimum Gasteiger partial charge on any atom is -0.456 e. The first-order valence-corrected chi connectivity index (χ1v) is 5.86. The van der Waals surface area contributed by atoms with E-state index in [2.05, 4.69) is 4.98 Å². The van der Waals surface area contributed by atoms with E-state index < -0.39 is 12.6 Å². The van der Waals surface area contributed by atoms with Gasteiger partial charge in [0.2, 0.25) is 0 Å². The number of nitrogens with zero attached hydrogens (tertiary/aromatic N) is 2. The zero-order valence-corrected chi connectivity index (χ0v) is 10.4. The molecule has 0 radical (unpaired) electrons. The van der Waals surface area contributed by atoms with Crippen LogP contribution in [0.4, 0.5) is 4.39 Å². The van der Waals surface area contributed by atoms with Crippen molar-refractivity contribution in [2.75, 3.05) is 19.8 Å². The van der Waals surface area contributed by atoms with Gasteiger partial charge in [-0.2, -0.15) is 0 Å². The molecule has 0 saturated heterocycles. The summed E-state index contributed by atoms with van der Waals surface area (Å²) in [5.74, 6) is -0.395. The molecule has 18 heavy (non-hydrogen) atoms. The van der Waals surface area contributed by atoms with Gasteiger partial charge in [-0.3, -0.25) is 0 Å². The molecule has 0 spiro atoms. The lowest BCUT2D eigenvalue weighted by Crippen LogP contribution is -2.26. The SMILES string of the molecule is O=C1C=C(N(CCF)Cc2cccc(Cl)n2)CO1. The van der Waals surface area contributed by atoms with Gasteiger partial charge in [0, 0.05) is 12.6 Å². The fourth-order valence-electron chi connectivity index (χ4n) is 1.71. The van der Waals surface area contributed by atoms with Gasteiger partial charge in [-0.15, -0.1) is 0 Å². The van der Waals surface area contributed by atoms with E-state index in [9.17, 15) is 9.18 Å². The first kappa shape index (κ1) is 12.8. The third kappa shape index (κ3) is 3.20. The molecule has 0 aliphatic carbocycles. The molecule has 0 aromatic carbocycles. The normalized spacial score (nSPS) is 14.3. The van der Waals surface area contributed by atoms with Crippen LogP contribution in [-0.2, 0) is 16.1 Å². The van der Waals surface area contributed by atoms with Gasteiger partial charge in [-0.05, 0) is 12.1 Å². The molecule has 6 heteroatoms. The number of hydrogen-bond acceptors (Lipinski definition) is 4. The van der Waals surface area contributed by atoms with E-state index in [1.54, 1.807) is 23.1 Å². The predicted molar refractivity (Wildman–Crippen MR) is 64.7 cm³/mol. The summed E-state index contributed by atoms with van der Waals surface area (Å²) in [4.78, 5) is 16.9. The third-order valence-electron chi connectivity index (χ3n) is 2.53. The van der Waals surface area contributed by atoms with Crippen LogP contribution in [0.25, 0.3) is 0 Å². The van der Waals surface area contributed by atoms with Crippen LogP contribution in [0.1, 0.15) is 5.69 Å². The largest absolute Gasteiger partial charge is 0.456 e. The molecular formula is C12H12ClFN2O2. The highest BCUT2D eigenvalue weighted by molar-refractivity contribution is 6.29. The maximum atomic E-state index is 12.5. The summed E-state index contributed by atoms with van der Waals surface area (Å²) in [5, 5.41) is 0.389. The fourth-order valence-corrected chi connectivity index (χ4v) is 1.89. The summed E-state index contributed by atoms with van der Waals surface area (Å²) in [5.41, 5.74) is 1.38. The van der Waals surface area contributed by atoms with Crippen molar-refractivity contribution in [3.8, 4) is 0 Å². The van der Waals surface area contributed by atoms with Gasteiger partial charge in [-0.1, -0.05) is 17.7 Å². The van der Waals surface area contributed by atoms with Crippen LogP contribution in [0.5, 0.6) is 0 Å². The molecule has 2 heterocycles. The average Bonchev–Trinajstić information content (AvgIpc) is 2.75. The van der Waals surface area contributed by atoms with Crippen molar-refractivity contribution in [3.05, 3.63) is 40.8 Å². The summed E-state index contributed by atoms with van der Waals surface area (Å²) in [6.45, 7) is 0.259. The van der Waals surface area contributed by atoms with Gasteiger partial charge >= 0.3 is 5.97 Å². The second-order valence-electron chi connectivity index (χ2n) is 3.81. The highest BCUT2D eigenvalue weighted by atomic mass is 35.5. The highest BCUT2D eigenvalue weighted by Crippen LogP contribution is 2.16. The third-order valence-corrected chi connectivity index (χ3v) is 2.74. The van der Waals surface area contributed by atoms with Gasteiger partial charge in [0.1, 0.15) is 18.4 Å². The Morgan fingerprint density at radius 3 is 2.94 bits per heavy atom. The van der Waals surface area contributed by atoms with Crippen LogP contribution in [0.15, 0.2) is 30.0 Å². The maximum absolute atomic E-state index is 12.5. The van der Waals surface area contributed by atoms with Gasteiger partial charge < -0.3 is 9.64 Å². The number of cyclic esters (lactones) is 1. The van der Waals surface area contributed by atoms with E-state index in [1.165, 1.54) is 6.08 Å². The summed E-state index contributed by atoms with van der Waals surface area (Å²) < 4.78 is 17.3. The number of alkyl halides is 1. The van der Waals surface area contributed by atoms with Gasteiger partial charge in [0.05, 0.1) is 17.9 Å². The van der Waals surface area contributed by atoms with Crippen LogP contribution < -0.4 is 0 Å². The minimum absolute atomic E-state index is 0.180. The van der Waals surface area contributed by atoms with E-state index in [0.717, 1.165) is 5.69 Å². The van der Waals surface area contributed by atoms with Gasteiger partial charge in [0.25, 0.3) is 0 Å². The van der Waals surface area contributed by atoms with Crippen molar-refractivity contribution < 1.29 is 13.9 Å². The molecule has 0 unspecified atom stereocenters. The first-order chi connectivity index (χ1) is 8.69. The summed E-state index contributed by atoms with van der Waals surface area (Å²) in [7, 11) is 0. The Morgan fingerprint density at radius 1 is 1.50 bits per heavy atom. The average molecular weight is 271 g/mol. The number of carbonyl (C=O) groups is 1. The van der Waals surface area contributed by atoms with Crippen LogP contribution >= 0.6 is 11.6 Å². The van der Waals surface area contributed by atoms with Crippen molar-refractivity contribution >= 4 is 17.6 Å². The van der Waals surface area contributed by atoms with Crippen molar-refractivity contribution in [1.29, 1.82) is 0 Å². The van der Waals surface area contributed by atoms with Crippen molar-refractivity contribution in [2.45, 2.75) is 6.54 Å². The first-order valence-electron chi connectivity index (χ1n) is 5.48. The molecule has 0 amide bonds. The van der Waals surface area contributed by atoms with Crippen molar-refractivity contribution in [2.24, 2.45) is 0 Å². The summed E-state index contributed by atoms with van der Waals surface area (Å²) in [6.07, 6.45) is 1.38. The van der Waals surface area contributed by atoms with Crippen LogP contribution in [0.3, 0.4) is 0 Å². The molecule has 1 aromatic heterocycles. The summed E-state index contributed by atoms with van der Waals surface area (Å²) >= 11 is 5.79. The van der Waals surface area contributed by atoms with E-state index in [1.807, 2.05) is 0 Å². The quantitative estimate of drug-likeness (QED) is 0.606. The van der Waals surface area contributed by atoms with Crippen LogP contribution in [0.2, 0.25) is 5.15 Å². The Labute approximate surface area is 109 Å². The summed E-state index contributed by atoms with van der Waals surface area (Å²) in [6, 6.07) is 5.25. The number of esters is 1. The van der Waals surface area contributed by atoms with Crippen LogP contribution in [0, 0.1) is 0 Å². The lowest BCUT2D eigenvalue weighted by Gasteiger charge is -2.23. The minimum atomic E-state index is -0.508. The molecule has 0 bridgehead atoms. The van der Waals surface area contributed by atoms with Gasteiger partial charge in [-0.25, -0.2) is 14.2 Å². The molecule has 1 aliphatic heterocycles. The Balaban J connectivity index is 2.11. The van der Waals surface area contributed by atoms with Crippen molar-refractivity contribution in [1.82, 2.24) is 9.88 Å². The number of hydrogen-bond donors (Lipinski definition) is 0. The number of halogens is 2. The molecular weight excluding hydrogens is 259 g/mol. The fraction of sp³-hybridized carbons (Fsp3) is 0.333. The smallest absolute Gasteiger partial charge is 0.333 e. The monoisotopic (exact) mass is 270 g/mol. The van der Waals surface area contributed by atoms with E-state index >= 15 is 0 Å². The molecule has 1 aliphatic rings. The van der Waals surface area contributed by atoms with Crippen molar-refractivity contribution in [3.63, 3.8) is 0 Å². The standard InChI is InChI=1S/C12H12ClFN2O2/c13-11-3-1-2-9(15-11)7-16(5-4-14)10-6-12(17)18-8-10/h1-3,6H,4-5,7-8H2. The van der Waals surface area contributed by atoms with E-state index in [4.69, 9.17) is 16.3 Å². The van der Waals surface area contributed by atoms with E-state index in [0.29, 0.717) is 17.4 Å². The molecule has 96 valence electrons. The lowest BCUT2D eigenvalue weighted by molar-refractivity contribution is -0.135. The lowest BCUT2D eigenvalue weighted by atomic mass is 10.3. The zero-order chi connectivity index (χ0) is 13.0. The maximum Gasteiger partial charge on any atom is 0.333 e. The molecule has 0 atom stereocenters. The Bertz CT molecular complexity index is 479. The number of pyridine rings is 1. The zero-order valence-electron chi connectivity index (χ0n) is 9.60. The Morgan fingerprint density at radius 2 is 2.33 bits per heavy atom. The molecule has 0 fully saturated rings. The Hall–Kier alpha value is -1.62. The van der Waals surface area contributed by atoms with E-state index in [-0.39, 0.29) is 13.2 Å². The molecule has 1 aromatic rings. The second-order valence-corrected chi connectivity index (χ2v) is 4.19. The number of carbonyl (C=O) groups excluding carboxylic acids is 1. The molecule has 4 nitrogen and oxygen atoms in total. The molecule has 0 saturated carbocycles. The number of rotatable bonds is 5. The van der Waals surface area contributed by atoms with Gasteiger partial charge in [0.15, 0.2) is 0 Å². The molecule has 0 N–H and O–H groups in total. The second kappa shape index (κ2) is 5.82.